The highest BCUT2D eigenvalue weighted by Gasteiger charge is 2.33. The molecule has 35 heavy (non-hydrogen) atoms. The first-order valence-electron chi connectivity index (χ1n) is 11.8. The maximum absolute atomic E-state index is 13.4. The third-order valence-corrected chi connectivity index (χ3v) is 6.43. The van der Waals surface area contributed by atoms with Gasteiger partial charge in [-0.25, -0.2) is 14.8 Å². The van der Waals surface area contributed by atoms with E-state index < -0.39 is 0 Å². The maximum atomic E-state index is 13.4. The third-order valence-electron chi connectivity index (χ3n) is 6.20. The predicted octanol–water partition coefficient (Wildman–Crippen LogP) is 4.32. The van der Waals surface area contributed by atoms with Crippen molar-refractivity contribution < 1.29 is 14.3 Å². The largest absolute Gasteiger partial charge is 0.447 e. The van der Waals surface area contributed by atoms with Gasteiger partial charge in [-0.2, -0.15) is 5.10 Å². The number of hydrogen-bond donors (Lipinski definition) is 2. The number of amides is 2. The number of anilines is 2. The van der Waals surface area contributed by atoms with Crippen LogP contribution in [-0.4, -0.2) is 73.7 Å². The van der Waals surface area contributed by atoms with Crippen molar-refractivity contribution in [1.82, 2.24) is 30.0 Å². The Kier molecular flexibility index (Phi) is 6.22. The minimum atomic E-state index is -0.366. The lowest BCUT2D eigenvalue weighted by atomic mass is 10.2. The molecule has 1 aliphatic carbocycles. The molecule has 3 heterocycles. The Balaban J connectivity index is 1.39. The number of hydrogen-bond acceptors (Lipinski definition) is 7. The second kappa shape index (κ2) is 9.33. The maximum Gasteiger partial charge on any atom is 0.410 e. The van der Waals surface area contributed by atoms with Gasteiger partial charge in [0, 0.05) is 53.8 Å². The van der Waals surface area contributed by atoms with Crippen LogP contribution in [0.5, 0.6) is 0 Å². The van der Waals surface area contributed by atoms with Gasteiger partial charge >= 0.3 is 6.09 Å². The van der Waals surface area contributed by atoms with Crippen molar-refractivity contribution in [1.29, 1.82) is 0 Å². The fourth-order valence-corrected chi connectivity index (χ4v) is 4.41. The summed E-state index contributed by atoms with van der Waals surface area (Å²) in [4.78, 5) is 38.2. The number of carbonyl (C=O) groups excluding carboxylic acids is 2. The minimum Gasteiger partial charge on any atom is -0.447 e. The zero-order valence-electron chi connectivity index (χ0n) is 19.9. The zero-order chi connectivity index (χ0) is 24.7. The Morgan fingerprint density at radius 3 is 2.71 bits per heavy atom. The van der Waals surface area contributed by atoms with Crippen molar-refractivity contribution >= 4 is 46.1 Å². The number of fused-ring (bicyclic) bond motifs is 1. The molecule has 1 saturated heterocycles. The Hall–Kier alpha value is -3.40. The van der Waals surface area contributed by atoms with E-state index in [0.29, 0.717) is 53.1 Å². The summed E-state index contributed by atoms with van der Waals surface area (Å²) in [5.41, 5.74) is 1.68. The van der Waals surface area contributed by atoms with E-state index in [1.807, 2.05) is 26.8 Å². The number of aromatic amines is 1. The van der Waals surface area contributed by atoms with Crippen LogP contribution in [0, 0.1) is 0 Å². The highest BCUT2D eigenvalue weighted by molar-refractivity contribution is 6.31. The Morgan fingerprint density at radius 1 is 1.20 bits per heavy atom. The molecule has 3 aromatic rings. The molecule has 1 aliphatic heterocycles. The molecule has 2 aliphatic rings. The molecule has 0 bridgehead atoms. The van der Waals surface area contributed by atoms with Crippen molar-refractivity contribution in [2.75, 3.05) is 25.0 Å². The first kappa shape index (κ1) is 23.3. The van der Waals surface area contributed by atoms with Gasteiger partial charge < -0.3 is 19.9 Å². The van der Waals surface area contributed by atoms with E-state index in [1.165, 1.54) is 0 Å². The van der Waals surface area contributed by atoms with E-state index in [0.717, 1.165) is 18.5 Å². The van der Waals surface area contributed by atoms with Gasteiger partial charge in [-0.15, -0.1) is 0 Å². The number of piperazine rings is 1. The van der Waals surface area contributed by atoms with Crippen LogP contribution in [0.2, 0.25) is 5.02 Å². The topological polar surface area (TPSA) is 116 Å². The fourth-order valence-electron chi connectivity index (χ4n) is 4.24. The third kappa shape index (κ3) is 5.02. The second-order valence-corrected chi connectivity index (χ2v) is 9.83. The molecule has 2 N–H and O–H groups in total. The first-order chi connectivity index (χ1) is 16.8. The molecule has 1 atom stereocenters. The Morgan fingerprint density at radius 2 is 2.00 bits per heavy atom. The molecule has 2 amide bonds. The summed E-state index contributed by atoms with van der Waals surface area (Å²) < 4.78 is 5.32. The van der Waals surface area contributed by atoms with Crippen LogP contribution in [0.25, 0.3) is 10.9 Å². The van der Waals surface area contributed by atoms with Crippen LogP contribution >= 0.6 is 11.6 Å². The van der Waals surface area contributed by atoms with Crippen LogP contribution < -0.4 is 5.32 Å². The zero-order valence-corrected chi connectivity index (χ0v) is 20.7. The van der Waals surface area contributed by atoms with Gasteiger partial charge in [0.05, 0.1) is 11.6 Å². The number of ether oxygens (including phenoxy) is 1. The van der Waals surface area contributed by atoms with Gasteiger partial charge in [0.25, 0.3) is 5.91 Å². The number of aromatic nitrogens is 4. The van der Waals surface area contributed by atoms with Crippen molar-refractivity contribution in [3.05, 3.63) is 40.8 Å². The summed E-state index contributed by atoms with van der Waals surface area (Å²) in [6.45, 7) is 6.63. The van der Waals surface area contributed by atoms with E-state index in [1.54, 1.807) is 28.0 Å². The van der Waals surface area contributed by atoms with Crippen LogP contribution in [0.1, 0.15) is 55.8 Å². The van der Waals surface area contributed by atoms with E-state index >= 15 is 0 Å². The summed E-state index contributed by atoms with van der Waals surface area (Å²) in [6, 6.07) is 7.04. The highest BCUT2D eigenvalue weighted by Crippen LogP contribution is 2.40. The molecule has 184 valence electrons. The van der Waals surface area contributed by atoms with Gasteiger partial charge in [-0.1, -0.05) is 11.6 Å². The van der Waals surface area contributed by atoms with Gasteiger partial charge in [-0.3, -0.25) is 9.89 Å². The summed E-state index contributed by atoms with van der Waals surface area (Å²) in [7, 11) is 0. The monoisotopic (exact) mass is 497 g/mol. The van der Waals surface area contributed by atoms with Crippen molar-refractivity contribution in [3.8, 4) is 0 Å². The van der Waals surface area contributed by atoms with Gasteiger partial charge in [0.2, 0.25) is 5.82 Å². The lowest BCUT2D eigenvalue weighted by Gasteiger charge is -2.39. The number of benzene rings is 1. The first-order valence-corrected chi connectivity index (χ1v) is 12.2. The number of halogens is 1. The Labute approximate surface area is 208 Å². The smallest absolute Gasteiger partial charge is 0.410 e. The number of carbonyl (C=O) groups is 2. The van der Waals surface area contributed by atoms with Gasteiger partial charge in [-0.05, 0) is 51.8 Å². The number of nitrogens with one attached hydrogen (secondary N) is 2. The van der Waals surface area contributed by atoms with Crippen molar-refractivity contribution in [2.45, 2.75) is 51.7 Å². The molecule has 2 fully saturated rings. The SMILES string of the molecule is CC(C)OC(=O)N1CCN(C(=O)c2nc(Nc3cc(C4CC4)[nH]n3)c3cc(Cl)ccc3n2)C[C@H]1C. The highest BCUT2D eigenvalue weighted by atomic mass is 35.5. The molecule has 0 unspecified atom stereocenters. The molecule has 5 rings (SSSR count). The summed E-state index contributed by atoms with van der Waals surface area (Å²) >= 11 is 6.24. The van der Waals surface area contributed by atoms with E-state index in [9.17, 15) is 9.59 Å². The number of rotatable bonds is 5. The second-order valence-electron chi connectivity index (χ2n) is 9.39. The lowest BCUT2D eigenvalue weighted by molar-refractivity contribution is 0.0313. The standard InChI is InChI=1S/C24H28ClN7O3/c1-13(2)35-24(34)32-9-8-31(12-14(32)3)23(33)22-26-18-7-6-16(25)10-17(18)21(28-22)27-20-11-19(29-30-20)15-4-5-15/h6-7,10-11,13-15H,4-5,8-9,12H2,1-3H3,(H2,26,27,28,29,30)/t14-/m1/s1. The molecule has 0 radical (unpaired) electrons. The molecule has 11 heteroatoms. The van der Waals surface area contributed by atoms with E-state index in [4.69, 9.17) is 16.3 Å². The van der Waals surface area contributed by atoms with Crippen LogP contribution in [-0.2, 0) is 4.74 Å². The average molecular weight is 498 g/mol. The minimum absolute atomic E-state index is 0.0747. The molecule has 1 saturated carbocycles. The van der Waals surface area contributed by atoms with Crippen LogP contribution in [0.4, 0.5) is 16.4 Å². The van der Waals surface area contributed by atoms with Gasteiger partial charge in [0.1, 0.15) is 5.82 Å². The number of H-pyrrole nitrogens is 1. The molecule has 0 spiro atoms. The quantitative estimate of drug-likeness (QED) is 0.539. The van der Waals surface area contributed by atoms with Crippen molar-refractivity contribution in [2.24, 2.45) is 0 Å². The molecule has 10 nitrogen and oxygen atoms in total. The molecular weight excluding hydrogens is 470 g/mol. The lowest BCUT2D eigenvalue weighted by Crippen LogP contribution is -2.56. The normalized spacial score (nSPS) is 18.3. The van der Waals surface area contributed by atoms with E-state index in [-0.39, 0.29) is 30.0 Å². The van der Waals surface area contributed by atoms with E-state index in [2.05, 4.69) is 25.5 Å². The molecular formula is C24H28ClN7O3. The number of nitrogens with zero attached hydrogens (tertiary/aromatic N) is 5. The van der Waals surface area contributed by atoms with Crippen LogP contribution in [0.15, 0.2) is 24.3 Å². The summed E-state index contributed by atoms with van der Waals surface area (Å²) in [5, 5.41) is 11.9. The predicted molar refractivity (Wildman–Crippen MR) is 132 cm³/mol. The summed E-state index contributed by atoms with van der Waals surface area (Å²) in [5.74, 6) is 1.39. The average Bonchev–Trinajstić information content (AvgIpc) is 3.57. The molecule has 2 aromatic heterocycles. The molecule has 1 aromatic carbocycles. The van der Waals surface area contributed by atoms with Crippen LogP contribution in [0.3, 0.4) is 0 Å². The fraction of sp³-hybridized carbons (Fsp3) is 0.458. The summed E-state index contributed by atoms with van der Waals surface area (Å²) in [6.07, 6.45) is 1.75. The van der Waals surface area contributed by atoms with Gasteiger partial charge in [0.15, 0.2) is 5.82 Å². The van der Waals surface area contributed by atoms with Crippen molar-refractivity contribution in [3.63, 3.8) is 0 Å². The Bertz CT molecular complexity index is 1270.